The number of aromatic amines is 1. The summed E-state index contributed by atoms with van der Waals surface area (Å²) in [5.41, 5.74) is 5.96. The standard InChI is InChI=1S/C31H34N4O2S/c1-22-11-12-27(31(37)32-16-13-25-19-33-28-10-6-5-9-26(25)28)30(34-22)24-14-17-35(18-15-24)29(36)21-38-20-23-7-3-2-4-8-23/h2-12,19,24,33H,13-18,20-21H2,1H3,(H,32,37). The van der Waals surface area contributed by atoms with Crippen LogP contribution in [0.15, 0.2) is 72.9 Å². The molecule has 2 N–H and O–H groups in total. The SMILES string of the molecule is Cc1ccc(C(=O)NCCc2c[nH]c3ccccc23)c(C2CCN(C(=O)CSCc3ccccc3)CC2)n1. The number of H-pyrrole nitrogens is 1. The van der Waals surface area contributed by atoms with Crippen LogP contribution in [0, 0.1) is 6.92 Å². The number of carbonyl (C=O) groups excluding carboxylic acids is 2. The van der Waals surface area contributed by atoms with Crippen LogP contribution in [0.1, 0.15) is 51.6 Å². The fraction of sp³-hybridized carbons (Fsp3) is 0.323. The minimum atomic E-state index is -0.0804. The first-order valence-corrected chi connectivity index (χ1v) is 14.4. The molecule has 5 rings (SSSR count). The van der Waals surface area contributed by atoms with Gasteiger partial charge in [0, 0.05) is 54.1 Å². The summed E-state index contributed by atoms with van der Waals surface area (Å²) in [4.78, 5) is 36.0. The quantitative estimate of drug-likeness (QED) is 0.303. The second-order valence-corrected chi connectivity index (χ2v) is 10.9. The molecule has 1 saturated heterocycles. The fourth-order valence-corrected chi connectivity index (χ4v) is 6.04. The number of nitrogens with zero attached hydrogens (tertiary/aromatic N) is 2. The molecule has 2 aromatic carbocycles. The smallest absolute Gasteiger partial charge is 0.253 e. The lowest BCUT2D eigenvalue weighted by atomic mass is 9.89. The molecule has 0 unspecified atom stereocenters. The minimum absolute atomic E-state index is 0.0804. The minimum Gasteiger partial charge on any atom is -0.361 e. The van der Waals surface area contributed by atoms with Gasteiger partial charge in [-0.1, -0.05) is 48.5 Å². The maximum Gasteiger partial charge on any atom is 0.253 e. The number of aryl methyl sites for hydroxylation is 1. The van der Waals surface area contributed by atoms with Crippen molar-refractivity contribution in [1.29, 1.82) is 0 Å². The first kappa shape index (κ1) is 26.0. The lowest BCUT2D eigenvalue weighted by Crippen LogP contribution is -2.39. The Bertz CT molecular complexity index is 1390. The summed E-state index contributed by atoms with van der Waals surface area (Å²) >= 11 is 1.66. The molecule has 6 nitrogen and oxygen atoms in total. The van der Waals surface area contributed by atoms with Crippen LogP contribution >= 0.6 is 11.8 Å². The van der Waals surface area contributed by atoms with E-state index in [-0.39, 0.29) is 17.7 Å². The molecule has 1 aliphatic heterocycles. The van der Waals surface area contributed by atoms with Gasteiger partial charge in [-0.15, -0.1) is 11.8 Å². The number of aromatic nitrogens is 2. The van der Waals surface area contributed by atoms with Gasteiger partial charge in [-0.05, 0) is 55.5 Å². The van der Waals surface area contributed by atoms with Gasteiger partial charge in [-0.3, -0.25) is 14.6 Å². The summed E-state index contributed by atoms with van der Waals surface area (Å²) in [7, 11) is 0. The van der Waals surface area contributed by atoms with Gasteiger partial charge in [0.2, 0.25) is 5.91 Å². The molecule has 38 heavy (non-hydrogen) atoms. The van der Waals surface area contributed by atoms with Crippen LogP contribution in [0.5, 0.6) is 0 Å². The third kappa shape index (κ3) is 6.27. The molecule has 3 heterocycles. The highest BCUT2D eigenvalue weighted by Gasteiger charge is 2.27. The number of amides is 2. The number of nitrogens with one attached hydrogen (secondary N) is 2. The normalized spacial score (nSPS) is 14.1. The maximum absolute atomic E-state index is 13.2. The summed E-state index contributed by atoms with van der Waals surface area (Å²) in [5.74, 6) is 1.62. The number of para-hydroxylation sites is 1. The predicted octanol–water partition coefficient (Wildman–Crippen LogP) is 5.48. The van der Waals surface area contributed by atoms with Gasteiger partial charge in [-0.25, -0.2) is 0 Å². The lowest BCUT2D eigenvalue weighted by molar-refractivity contribution is -0.129. The molecular formula is C31H34N4O2S. The van der Waals surface area contributed by atoms with Crippen LogP contribution in [0.2, 0.25) is 0 Å². The van der Waals surface area contributed by atoms with E-state index in [4.69, 9.17) is 4.98 Å². The van der Waals surface area contributed by atoms with Crippen LogP contribution < -0.4 is 5.32 Å². The Morgan fingerprint density at radius 1 is 1.03 bits per heavy atom. The van der Waals surface area contributed by atoms with E-state index in [0.29, 0.717) is 31.0 Å². The van der Waals surface area contributed by atoms with E-state index >= 15 is 0 Å². The number of piperidine rings is 1. The van der Waals surface area contributed by atoms with Crippen molar-refractivity contribution < 1.29 is 9.59 Å². The van der Waals surface area contributed by atoms with Crippen molar-refractivity contribution in [3.8, 4) is 0 Å². The molecule has 0 spiro atoms. The molecule has 1 fully saturated rings. The molecule has 0 radical (unpaired) electrons. The summed E-state index contributed by atoms with van der Waals surface area (Å²) in [5, 5.41) is 4.30. The van der Waals surface area contributed by atoms with E-state index in [9.17, 15) is 9.59 Å². The summed E-state index contributed by atoms with van der Waals surface area (Å²) in [6.45, 7) is 3.92. The maximum atomic E-state index is 13.2. The molecule has 196 valence electrons. The zero-order chi connectivity index (χ0) is 26.3. The molecule has 0 saturated carbocycles. The van der Waals surface area contributed by atoms with Crippen LogP contribution in [0.25, 0.3) is 10.9 Å². The van der Waals surface area contributed by atoms with Crippen molar-refractivity contribution >= 4 is 34.5 Å². The highest BCUT2D eigenvalue weighted by atomic mass is 32.2. The van der Waals surface area contributed by atoms with Crippen molar-refractivity contribution in [2.45, 2.75) is 37.9 Å². The lowest BCUT2D eigenvalue weighted by Gasteiger charge is -2.32. The van der Waals surface area contributed by atoms with E-state index in [1.165, 1.54) is 16.5 Å². The number of carbonyl (C=O) groups is 2. The Morgan fingerprint density at radius 3 is 2.61 bits per heavy atom. The Balaban J connectivity index is 1.14. The first-order valence-electron chi connectivity index (χ1n) is 13.3. The van der Waals surface area contributed by atoms with Gasteiger partial charge in [0.25, 0.3) is 5.91 Å². The van der Waals surface area contributed by atoms with Crippen LogP contribution in [-0.2, 0) is 17.0 Å². The predicted molar refractivity (Wildman–Crippen MR) is 154 cm³/mol. The highest BCUT2D eigenvalue weighted by molar-refractivity contribution is 7.99. The van der Waals surface area contributed by atoms with Crippen LogP contribution in [0.3, 0.4) is 0 Å². The second kappa shape index (κ2) is 12.3. The van der Waals surface area contributed by atoms with Crippen molar-refractivity contribution in [3.05, 3.63) is 101 Å². The Labute approximate surface area is 228 Å². The third-order valence-electron chi connectivity index (χ3n) is 7.23. The topological polar surface area (TPSA) is 78.1 Å². The first-order chi connectivity index (χ1) is 18.6. The van der Waals surface area contributed by atoms with Crippen molar-refractivity contribution in [3.63, 3.8) is 0 Å². The van der Waals surface area contributed by atoms with Crippen LogP contribution in [0.4, 0.5) is 0 Å². The van der Waals surface area contributed by atoms with Gasteiger partial charge in [0.1, 0.15) is 0 Å². The number of likely N-dealkylation sites (tertiary alicyclic amines) is 1. The van der Waals surface area contributed by atoms with Gasteiger partial charge in [-0.2, -0.15) is 0 Å². The number of thioether (sulfide) groups is 1. The van der Waals surface area contributed by atoms with Crippen molar-refractivity contribution in [2.75, 3.05) is 25.4 Å². The van der Waals surface area contributed by atoms with E-state index in [1.54, 1.807) is 11.8 Å². The zero-order valence-corrected chi connectivity index (χ0v) is 22.6. The van der Waals surface area contributed by atoms with E-state index in [0.717, 1.165) is 41.9 Å². The highest BCUT2D eigenvalue weighted by Crippen LogP contribution is 2.30. The van der Waals surface area contributed by atoms with Crippen LogP contribution in [-0.4, -0.2) is 52.1 Å². The van der Waals surface area contributed by atoms with E-state index in [1.807, 2.05) is 60.5 Å². The number of benzene rings is 2. The summed E-state index contributed by atoms with van der Waals surface area (Å²) < 4.78 is 0. The number of pyridine rings is 1. The summed E-state index contributed by atoms with van der Waals surface area (Å²) in [6, 6.07) is 22.3. The molecule has 4 aromatic rings. The van der Waals surface area contributed by atoms with Gasteiger partial charge >= 0.3 is 0 Å². The van der Waals surface area contributed by atoms with Crippen molar-refractivity contribution in [2.24, 2.45) is 0 Å². The van der Waals surface area contributed by atoms with Gasteiger partial charge in [0.15, 0.2) is 0 Å². The van der Waals surface area contributed by atoms with Gasteiger partial charge < -0.3 is 15.2 Å². The zero-order valence-electron chi connectivity index (χ0n) is 21.8. The average Bonchev–Trinajstić information content (AvgIpc) is 3.36. The molecule has 7 heteroatoms. The number of hydrogen-bond acceptors (Lipinski definition) is 4. The molecule has 2 amide bonds. The Morgan fingerprint density at radius 2 is 1.79 bits per heavy atom. The molecule has 2 aromatic heterocycles. The number of rotatable bonds is 9. The molecule has 0 atom stereocenters. The monoisotopic (exact) mass is 526 g/mol. The second-order valence-electron chi connectivity index (χ2n) is 9.88. The number of fused-ring (bicyclic) bond motifs is 1. The average molecular weight is 527 g/mol. The molecule has 0 bridgehead atoms. The molecule has 1 aliphatic rings. The molecule has 0 aliphatic carbocycles. The number of hydrogen-bond donors (Lipinski definition) is 2. The van der Waals surface area contributed by atoms with E-state index < -0.39 is 0 Å². The van der Waals surface area contributed by atoms with E-state index in [2.05, 4.69) is 34.6 Å². The fourth-order valence-electron chi connectivity index (χ4n) is 5.15. The molecular weight excluding hydrogens is 492 g/mol. The van der Waals surface area contributed by atoms with Gasteiger partial charge in [0.05, 0.1) is 17.0 Å². The Hall–Kier alpha value is -3.58. The third-order valence-corrected chi connectivity index (χ3v) is 8.22. The Kier molecular flexibility index (Phi) is 8.44. The largest absolute Gasteiger partial charge is 0.361 e. The van der Waals surface area contributed by atoms with Crippen molar-refractivity contribution in [1.82, 2.24) is 20.2 Å². The summed E-state index contributed by atoms with van der Waals surface area (Å²) in [6.07, 6.45) is 4.42.